The Balaban J connectivity index is 2.76. The van der Waals surface area contributed by atoms with E-state index < -0.39 is 0 Å². The molecule has 0 saturated carbocycles. The van der Waals surface area contributed by atoms with Crippen molar-refractivity contribution in [1.82, 2.24) is 4.98 Å². The molecule has 4 nitrogen and oxygen atoms in total. The molecule has 0 fully saturated rings. The van der Waals surface area contributed by atoms with Gasteiger partial charge in [0.05, 0.1) is 31.9 Å². The van der Waals surface area contributed by atoms with Gasteiger partial charge in [0, 0.05) is 26.6 Å². The number of benzene rings is 1. The van der Waals surface area contributed by atoms with Crippen molar-refractivity contribution in [2.75, 3.05) is 21.3 Å². The van der Waals surface area contributed by atoms with E-state index in [1.807, 2.05) is 6.07 Å². The Kier molecular flexibility index (Phi) is 3.93. The Morgan fingerprint density at radius 2 is 1.76 bits per heavy atom. The summed E-state index contributed by atoms with van der Waals surface area (Å²) in [5.74, 6) is 1.94. The average molecular weight is 365 g/mol. The standard InChI is InChI=1S/C11H12INO3S/c1-14-7-4-6-5-8(17-12)13-9(6)11(16-3)10(7)15-2/h4-5,13H,1-3H3. The number of hydrogen-bond donors (Lipinski definition) is 1. The lowest BCUT2D eigenvalue weighted by Crippen LogP contribution is -1.95. The minimum absolute atomic E-state index is 0.606. The number of nitrogens with one attached hydrogen (secondary N) is 1. The van der Waals surface area contributed by atoms with Gasteiger partial charge in [-0.15, -0.1) is 0 Å². The molecule has 0 aliphatic heterocycles. The fourth-order valence-electron chi connectivity index (χ4n) is 1.76. The van der Waals surface area contributed by atoms with Gasteiger partial charge in [-0.1, -0.05) is 0 Å². The molecule has 0 bridgehead atoms. The van der Waals surface area contributed by atoms with Crippen LogP contribution in [0.5, 0.6) is 17.2 Å². The quantitative estimate of drug-likeness (QED) is 0.841. The maximum atomic E-state index is 5.40. The van der Waals surface area contributed by atoms with Crippen molar-refractivity contribution in [3.05, 3.63) is 12.1 Å². The molecule has 0 aliphatic carbocycles. The second-order valence-corrected chi connectivity index (χ2v) is 5.24. The molecule has 1 N–H and O–H groups in total. The Labute approximate surface area is 116 Å². The van der Waals surface area contributed by atoms with E-state index in [4.69, 9.17) is 14.2 Å². The number of H-pyrrole nitrogens is 1. The largest absolute Gasteiger partial charge is 0.493 e. The van der Waals surface area contributed by atoms with Crippen LogP contribution >= 0.6 is 30.1 Å². The fraction of sp³-hybridized carbons (Fsp3) is 0.273. The van der Waals surface area contributed by atoms with Crippen molar-refractivity contribution in [3.63, 3.8) is 0 Å². The highest BCUT2D eigenvalue weighted by Crippen LogP contribution is 2.44. The molecule has 1 aromatic carbocycles. The van der Waals surface area contributed by atoms with Crippen molar-refractivity contribution in [3.8, 4) is 17.2 Å². The Morgan fingerprint density at radius 1 is 1.06 bits per heavy atom. The molecule has 0 radical (unpaired) electrons. The molecule has 1 heterocycles. The van der Waals surface area contributed by atoms with E-state index >= 15 is 0 Å². The Hall–Kier alpha value is -0.760. The molecule has 0 atom stereocenters. The number of rotatable bonds is 4. The van der Waals surface area contributed by atoms with E-state index in [-0.39, 0.29) is 0 Å². The highest BCUT2D eigenvalue weighted by molar-refractivity contribution is 14.2. The van der Waals surface area contributed by atoms with E-state index in [1.54, 1.807) is 30.3 Å². The SMILES string of the molecule is COc1cc2cc(SI)[nH]c2c(OC)c1OC. The Bertz CT molecular complexity index is 541. The number of halogens is 1. The zero-order valence-corrected chi connectivity index (χ0v) is 12.6. The number of ether oxygens (including phenoxy) is 3. The third-order valence-corrected chi connectivity index (χ3v) is 4.29. The van der Waals surface area contributed by atoms with E-state index in [1.165, 1.54) is 0 Å². The van der Waals surface area contributed by atoms with Crippen LogP contribution in [0, 0.1) is 0 Å². The number of fused-ring (bicyclic) bond motifs is 1. The molecule has 0 unspecified atom stereocenters. The van der Waals surface area contributed by atoms with Crippen molar-refractivity contribution in [2.24, 2.45) is 0 Å². The number of aromatic nitrogens is 1. The smallest absolute Gasteiger partial charge is 0.205 e. The lowest BCUT2D eigenvalue weighted by molar-refractivity contribution is 0.327. The molecule has 0 spiro atoms. The maximum Gasteiger partial charge on any atom is 0.205 e. The molecule has 2 rings (SSSR count). The molecule has 0 saturated heterocycles. The zero-order valence-electron chi connectivity index (χ0n) is 9.67. The van der Waals surface area contributed by atoms with Gasteiger partial charge in [0.25, 0.3) is 0 Å². The summed E-state index contributed by atoms with van der Waals surface area (Å²) in [6, 6.07) is 3.99. The van der Waals surface area contributed by atoms with Crippen molar-refractivity contribution >= 4 is 41.0 Å². The predicted octanol–water partition coefficient (Wildman–Crippen LogP) is 3.64. The first-order chi connectivity index (χ1) is 8.24. The molecule has 0 amide bonds. The van der Waals surface area contributed by atoms with E-state index in [0.29, 0.717) is 17.2 Å². The minimum Gasteiger partial charge on any atom is -0.493 e. The van der Waals surface area contributed by atoms with Crippen molar-refractivity contribution < 1.29 is 14.2 Å². The van der Waals surface area contributed by atoms with Crippen molar-refractivity contribution in [2.45, 2.75) is 5.03 Å². The molecule has 0 aliphatic rings. The van der Waals surface area contributed by atoms with Crippen LogP contribution in [0.4, 0.5) is 0 Å². The molecule has 92 valence electrons. The summed E-state index contributed by atoms with van der Waals surface area (Å²) >= 11 is 2.23. The second-order valence-electron chi connectivity index (χ2n) is 3.32. The number of hydrogen-bond acceptors (Lipinski definition) is 4. The van der Waals surface area contributed by atoms with Gasteiger partial charge >= 0.3 is 0 Å². The average Bonchev–Trinajstić information content (AvgIpc) is 2.78. The van der Waals surface area contributed by atoms with Crippen LogP contribution in [0.25, 0.3) is 10.9 Å². The molecule has 1 aromatic heterocycles. The number of methoxy groups -OCH3 is 3. The van der Waals surface area contributed by atoms with Crippen LogP contribution in [0.2, 0.25) is 0 Å². The van der Waals surface area contributed by atoms with E-state index in [0.717, 1.165) is 15.9 Å². The van der Waals surface area contributed by atoms with Crippen LogP contribution < -0.4 is 14.2 Å². The van der Waals surface area contributed by atoms with Gasteiger partial charge in [-0.05, 0) is 21.1 Å². The third kappa shape index (κ3) is 2.15. The first-order valence-electron chi connectivity index (χ1n) is 4.85. The molecule has 2 aromatic rings. The van der Waals surface area contributed by atoms with Crippen LogP contribution in [0.1, 0.15) is 0 Å². The van der Waals surface area contributed by atoms with Crippen molar-refractivity contribution in [1.29, 1.82) is 0 Å². The second kappa shape index (κ2) is 5.26. The normalized spacial score (nSPS) is 10.6. The summed E-state index contributed by atoms with van der Waals surface area (Å²) in [7, 11) is 6.45. The highest BCUT2D eigenvalue weighted by atomic mass is 127. The molecule has 17 heavy (non-hydrogen) atoms. The van der Waals surface area contributed by atoms with Gasteiger partial charge in [0.1, 0.15) is 0 Å². The first kappa shape index (κ1) is 12.7. The lowest BCUT2D eigenvalue weighted by atomic mass is 10.2. The van der Waals surface area contributed by atoms with Gasteiger partial charge in [0.2, 0.25) is 5.75 Å². The van der Waals surface area contributed by atoms with Gasteiger partial charge in [-0.3, -0.25) is 0 Å². The first-order valence-corrected chi connectivity index (χ1v) is 8.21. The van der Waals surface area contributed by atoms with Gasteiger partial charge in [-0.2, -0.15) is 0 Å². The summed E-state index contributed by atoms with van der Waals surface area (Å²) in [4.78, 5) is 3.29. The zero-order chi connectivity index (χ0) is 12.4. The third-order valence-electron chi connectivity index (χ3n) is 2.48. The van der Waals surface area contributed by atoms with E-state index in [2.05, 4.69) is 32.3 Å². The fourth-order valence-corrected chi connectivity index (χ4v) is 2.78. The molecule has 6 heteroatoms. The van der Waals surface area contributed by atoms with E-state index in [9.17, 15) is 0 Å². The summed E-state index contributed by atoms with van der Waals surface area (Å²) in [6.07, 6.45) is 0. The molecular formula is C11H12INO3S. The van der Waals surface area contributed by atoms with Crippen LogP contribution in [0.3, 0.4) is 0 Å². The maximum absolute atomic E-state index is 5.40. The lowest BCUT2D eigenvalue weighted by Gasteiger charge is -2.12. The van der Waals surface area contributed by atoms with Gasteiger partial charge in [0.15, 0.2) is 11.5 Å². The predicted molar refractivity (Wildman–Crippen MR) is 77.8 cm³/mol. The van der Waals surface area contributed by atoms with Crippen LogP contribution in [-0.4, -0.2) is 26.3 Å². The topological polar surface area (TPSA) is 43.5 Å². The monoisotopic (exact) mass is 365 g/mol. The summed E-state index contributed by atoms with van der Waals surface area (Å²) in [5.41, 5.74) is 0.921. The summed E-state index contributed by atoms with van der Waals surface area (Å²) in [5, 5.41) is 2.10. The van der Waals surface area contributed by atoms with Gasteiger partial charge in [-0.25, -0.2) is 0 Å². The van der Waals surface area contributed by atoms with Gasteiger partial charge < -0.3 is 19.2 Å². The highest BCUT2D eigenvalue weighted by Gasteiger charge is 2.17. The Morgan fingerprint density at radius 3 is 2.29 bits per heavy atom. The summed E-state index contributed by atoms with van der Waals surface area (Å²) in [6.45, 7) is 0. The summed E-state index contributed by atoms with van der Waals surface area (Å²) < 4.78 is 16.0. The van der Waals surface area contributed by atoms with Crippen LogP contribution in [-0.2, 0) is 0 Å². The molecular weight excluding hydrogens is 353 g/mol. The number of aromatic amines is 1. The minimum atomic E-state index is 0.606. The van der Waals surface area contributed by atoms with Crippen LogP contribution in [0.15, 0.2) is 17.2 Å².